The lowest BCUT2D eigenvalue weighted by Gasteiger charge is -2.40. The Morgan fingerprint density at radius 1 is 1.26 bits per heavy atom. The summed E-state index contributed by atoms with van der Waals surface area (Å²) in [5.74, 6) is -1.08. The van der Waals surface area contributed by atoms with Gasteiger partial charge < -0.3 is 10.5 Å². The third-order valence-corrected chi connectivity index (χ3v) is 3.44. The molecule has 3 nitrogen and oxygen atoms in total. The van der Waals surface area contributed by atoms with Crippen molar-refractivity contribution in [3.05, 3.63) is 35.4 Å². The minimum Gasteiger partial charge on any atom is -0.373 e. The highest BCUT2D eigenvalue weighted by Crippen LogP contribution is 2.28. The van der Waals surface area contributed by atoms with Crippen molar-refractivity contribution in [3.63, 3.8) is 0 Å². The molecule has 1 aromatic carbocycles. The lowest BCUT2D eigenvalue weighted by atomic mass is 10.0. The van der Waals surface area contributed by atoms with Gasteiger partial charge in [0.05, 0.1) is 18.2 Å². The molecule has 0 bridgehead atoms. The van der Waals surface area contributed by atoms with Gasteiger partial charge in [-0.25, -0.2) is 8.78 Å². The summed E-state index contributed by atoms with van der Waals surface area (Å²) in [6.45, 7) is 5.33. The Morgan fingerprint density at radius 3 is 2.26 bits per heavy atom. The molecule has 5 heteroatoms. The van der Waals surface area contributed by atoms with E-state index in [1.807, 2.05) is 18.7 Å². The van der Waals surface area contributed by atoms with Crippen LogP contribution in [0.2, 0.25) is 0 Å². The van der Waals surface area contributed by atoms with Crippen LogP contribution in [-0.2, 0) is 4.74 Å². The van der Waals surface area contributed by atoms with Crippen LogP contribution in [0.3, 0.4) is 0 Å². The van der Waals surface area contributed by atoms with E-state index in [0.717, 1.165) is 0 Å². The van der Waals surface area contributed by atoms with Crippen molar-refractivity contribution in [2.45, 2.75) is 32.1 Å². The fourth-order valence-electron chi connectivity index (χ4n) is 2.75. The van der Waals surface area contributed by atoms with Gasteiger partial charge in [0.15, 0.2) is 0 Å². The molecule has 0 amide bonds. The summed E-state index contributed by atoms with van der Waals surface area (Å²) in [4.78, 5) is 2.00. The smallest absolute Gasteiger partial charge is 0.130 e. The van der Waals surface area contributed by atoms with Gasteiger partial charge >= 0.3 is 0 Å². The van der Waals surface area contributed by atoms with Crippen LogP contribution in [0.25, 0.3) is 0 Å². The van der Waals surface area contributed by atoms with Gasteiger partial charge in [-0.2, -0.15) is 0 Å². The summed E-state index contributed by atoms with van der Waals surface area (Å²) in [5.41, 5.74) is 5.81. The summed E-state index contributed by atoms with van der Waals surface area (Å²) >= 11 is 0. The van der Waals surface area contributed by atoms with Gasteiger partial charge in [0.25, 0.3) is 0 Å². The molecule has 1 heterocycles. The maximum absolute atomic E-state index is 13.9. The molecule has 0 aromatic heterocycles. The fraction of sp³-hybridized carbons (Fsp3) is 0.571. The molecule has 0 radical (unpaired) electrons. The molecule has 0 spiro atoms. The molecule has 1 saturated heterocycles. The monoisotopic (exact) mass is 270 g/mol. The molecule has 1 fully saturated rings. The van der Waals surface area contributed by atoms with Crippen molar-refractivity contribution >= 4 is 0 Å². The molecule has 0 aliphatic carbocycles. The summed E-state index contributed by atoms with van der Waals surface area (Å²) in [6, 6.07) is 3.46. The second-order valence-electron chi connectivity index (χ2n) is 5.10. The van der Waals surface area contributed by atoms with Crippen LogP contribution in [0.1, 0.15) is 25.5 Å². The van der Waals surface area contributed by atoms with E-state index in [1.54, 1.807) is 0 Å². The Kier molecular flexibility index (Phi) is 4.50. The third kappa shape index (κ3) is 3.11. The highest BCUT2D eigenvalue weighted by molar-refractivity contribution is 5.24. The minimum absolute atomic E-state index is 0.0348. The second kappa shape index (κ2) is 5.94. The normalized spacial score (nSPS) is 26.4. The van der Waals surface area contributed by atoms with E-state index >= 15 is 0 Å². The first-order valence-electron chi connectivity index (χ1n) is 6.56. The van der Waals surface area contributed by atoms with Crippen LogP contribution in [0.5, 0.6) is 0 Å². The van der Waals surface area contributed by atoms with E-state index in [2.05, 4.69) is 0 Å². The van der Waals surface area contributed by atoms with Gasteiger partial charge in [0.2, 0.25) is 0 Å². The van der Waals surface area contributed by atoms with Crippen LogP contribution in [0, 0.1) is 11.6 Å². The average molecular weight is 270 g/mol. The van der Waals surface area contributed by atoms with Crippen molar-refractivity contribution in [1.29, 1.82) is 0 Å². The molecule has 1 aliphatic heterocycles. The van der Waals surface area contributed by atoms with Crippen LogP contribution in [0.4, 0.5) is 8.78 Å². The lowest BCUT2D eigenvalue weighted by molar-refractivity contribution is -0.0806. The van der Waals surface area contributed by atoms with Crippen LogP contribution in [0.15, 0.2) is 18.2 Å². The second-order valence-corrected chi connectivity index (χ2v) is 5.10. The predicted molar refractivity (Wildman–Crippen MR) is 69.7 cm³/mol. The summed E-state index contributed by atoms with van der Waals surface area (Å²) in [6.07, 6.45) is 0.0697. The Morgan fingerprint density at radius 2 is 1.79 bits per heavy atom. The third-order valence-electron chi connectivity index (χ3n) is 3.44. The number of ether oxygens (including phenoxy) is 1. The summed E-state index contributed by atoms with van der Waals surface area (Å²) in [7, 11) is 0. The van der Waals surface area contributed by atoms with E-state index in [4.69, 9.17) is 10.5 Å². The molecule has 2 N–H and O–H groups in total. The number of rotatable bonds is 3. The van der Waals surface area contributed by atoms with Gasteiger partial charge in [-0.05, 0) is 26.0 Å². The Labute approximate surface area is 112 Å². The molecule has 1 aliphatic rings. The SMILES string of the molecule is CC1CN(C(CN)c2c(F)cccc2F)CC(C)O1. The highest BCUT2D eigenvalue weighted by atomic mass is 19.1. The van der Waals surface area contributed by atoms with Crippen LogP contribution >= 0.6 is 0 Å². The van der Waals surface area contributed by atoms with Gasteiger partial charge in [0.1, 0.15) is 11.6 Å². The quantitative estimate of drug-likeness (QED) is 0.914. The molecular weight excluding hydrogens is 250 g/mol. The van der Waals surface area contributed by atoms with Crippen molar-refractivity contribution in [1.82, 2.24) is 4.90 Å². The first kappa shape index (κ1) is 14.4. The van der Waals surface area contributed by atoms with Crippen molar-refractivity contribution in [2.75, 3.05) is 19.6 Å². The fourth-order valence-corrected chi connectivity index (χ4v) is 2.75. The number of halogens is 2. The minimum atomic E-state index is -0.540. The first-order chi connectivity index (χ1) is 9.02. The number of hydrogen-bond donors (Lipinski definition) is 1. The van der Waals surface area contributed by atoms with Crippen molar-refractivity contribution in [2.24, 2.45) is 5.73 Å². The molecule has 3 atom stereocenters. The van der Waals surface area contributed by atoms with Crippen molar-refractivity contribution in [3.8, 4) is 0 Å². The lowest BCUT2D eigenvalue weighted by Crippen LogP contribution is -2.48. The van der Waals surface area contributed by atoms with E-state index in [9.17, 15) is 8.78 Å². The van der Waals surface area contributed by atoms with Gasteiger partial charge in [0, 0.05) is 25.2 Å². The predicted octanol–water partition coefficient (Wildman–Crippen LogP) is 2.07. The van der Waals surface area contributed by atoms with Gasteiger partial charge in [-0.1, -0.05) is 6.07 Å². The van der Waals surface area contributed by atoms with E-state index in [0.29, 0.717) is 13.1 Å². The topological polar surface area (TPSA) is 38.5 Å². The maximum atomic E-state index is 13.9. The number of nitrogens with zero attached hydrogens (tertiary/aromatic N) is 1. The van der Waals surface area contributed by atoms with E-state index < -0.39 is 17.7 Å². The summed E-state index contributed by atoms with van der Waals surface area (Å²) < 4.78 is 33.4. The molecule has 106 valence electrons. The van der Waals surface area contributed by atoms with E-state index in [-0.39, 0.29) is 24.3 Å². The summed E-state index contributed by atoms with van der Waals surface area (Å²) in [5, 5.41) is 0. The van der Waals surface area contributed by atoms with E-state index in [1.165, 1.54) is 18.2 Å². The molecular formula is C14H20F2N2O. The number of benzene rings is 1. The molecule has 3 unspecified atom stereocenters. The largest absolute Gasteiger partial charge is 0.373 e. The number of hydrogen-bond acceptors (Lipinski definition) is 3. The molecule has 2 rings (SSSR count). The molecule has 19 heavy (non-hydrogen) atoms. The highest BCUT2D eigenvalue weighted by Gasteiger charge is 2.31. The average Bonchev–Trinajstić information content (AvgIpc) is 2.32. The van der Waals surface area contributed by atoms with Crippen molar-refractivity contribution < 1.29 is 13.5 Å². The zero-order valence-electron chi connectivity index (χ0n) is 11.3. The molecule has 0 saturated carbocycles. The first-order valence-corrected chi connectivity index (χ1v) is 6.56. The van der Waals surface area contributed by atoms with Gasteiger partial charge in [-0.3, -0.25) is 4.90 Å². The number of nitrogens with two attached hydrogens (primary N) is 1. The standard InChI is InChI=1S/C14H20F2N2O/c1-9-7-18(8-10(2)19-9)13(6-17)14-11(15)4-3-5-12(14)16/h3-5,9-10,13H,6-8,17H2,1-2H3. The Hall–Kier alpha value is -1.04. The zero-order chi connectivity index (χ0) is 14.0. The van der Waals surface area contributed by atoms with Crippen LogP contribution in [-0.4, -0.2) is 36.7 Å². The zero-order valence-corrected chi connectivity index (χ0v) is 11.3. The Bertz CT molecular complexity index is 411. The maximum Gasteiger partial charge on any atom is 0.130 e. The van der Waals surface area contributed by atoms with Crippen LogP contribution < -0.4 is 5.73 Å². The number of morpholine rings is 1. The Balaban J connectivity index is 2.29. The van der Waals surface area contributed by atoms with Gasteiger partial charge in [-0.15, -0.1) is 0 Å². The molecule has 1 aromatic rings.